The monoisotopic (exact) mass is 299 g/mol. The molecule has 0 aromatic carbocycles. The second-order valence-corrected chi connectivity index (χ2v) is 5.52. The number of aromatic nitrogens is 6. The average molecular weight is 299 g/mol. The van der Waals surface area contributed by atoms with E-state index in [1.54, 1.807) is 4.52 Å². The van der Waals surface area contributed by atoms with E-state index in [0.29, 0.717) is 24.1 Å². The minimum absolute atomic E-state index is 0.463. The predicted octanol–water partition coefficient (Wildman–Crippen LogP) is 1.95. The molecule has 0 atom stereocenters. The van der Waals surface area contributed by atoms with Gasteiger partial charge in [0.25, 0.3) is 5.78 Å². The largest absolute Gasteiger partial charge is 0.423 e. The SMILES string of the molecule is CCCc1cc(NCc2nnc(C3CC3)o2)n2ncnc2n1. The molecule has 114 valence electrons. The van der Waals surface area contributed by atoms with E-state index in [1.807, 2.05) is 6.07 Å². The molecular weight excluding hydrogens is 282 g/mol. The lowest BCUT2D eigenvalue weighted by Crippen LogP contribution is -2.08. The van der Waals surface area contributed by atoms with Crippen LogP contribution in [0, 0.1) is 0 Å². The van der Waals surface area contributed by atoms with Gasteiger partial charge in [-0.15, -0.1) is 10.2 Å². The van der Waals surface area contributed by atoms with Gasteiger partial charge in [0, 0.05) is 17.7 Å². The molecule has 0 bridgehead atoms. The number of anilines is 1. The van der Waals surface area contributed by atoms with Gasteiger partial charge in [-0.2, -0.15) is 14.6 Å². The van der Waals surface area contributed by atoms with Crippen LogP contribution in [-0.2, 0) is 13.0 Å². The van der Waals surface area contributed by atoms with Crippen molar-refractivity contribution in [3.8, 4) is 0 Å². The molecule has 1 aliphatic rings. The summed E-state index contributed by atoms with van der Waals surface area (Å²) in [6.07, 6.45) is 5.75. The number of rotatable bonds is 6. The molecule has 0 aliphatic heterocycles. The summed E-state index contributed by atoms with van der Waals surface area (Å²) >= 11 is 0. The Morgan fingerprint density at radius 2 is 2.27 bits per heavy atom. The Morgan fingerprint density at radius 1 is 1.36 bits per heavy atom. The molecule has 1 saturated carbocycles. The van der Waals surface area contributed by atoms with Gasteiger partial charge in [-0.25, -0.2) is 4.98 Å². The van der Waals surface area contributed by atoms with Gasteiger partial charge < -0.3 is 9.73 Å². The fraction of sp³-hybridized carbons (Fsp3) is 0.500. The highest BCUT2D eigenvalue weighted by molar-refractivity contribution is 5.44. The molecule has 1 aliphatic carbocycles. The smallest absolute Gasteiger partial charge is 0.254 e. The Morgan fingerprint density at radius 3 is 3.09 bits per heavy atom. The lowest BCUT2D eigenvalue weighted by Gasteiger charge is -2.07. The molecule has 3 aromatic rings. The Hall–Kier alpha value is -2.51. The molecule has 0 amide bonds. The van der Waals surface area contributed by atoms with Gasteiger partial charge in [0.1, 0.15) is 12.1 Å². The number of nitrogens with one attached hydrogen (secondary N) is 1. The average Bonchev–Trinajstić information content (AvgIpc) is 3.08. The van der Waals surface area contributed by atoms with Crippen LogP contribution in [0.2, 0.25) is 0 Å². The summed E-state index contributed by atoms with van der Waals surface area (Å²) in [6.45, 7) is 2.59. The van der Waals surface area contributed by atoms with Crippen LogP contribution in [-0.4, -0.2) is 29.8 Å². The van der Waals surface area contributed by atoms with Crippen molar-refractivity contribution in [3.05, 3.63) is 29.9 Å². The van der Waals surface area contributed by atoms with E-state index in [-0.39, 0.29) is 0 Å². The zero-order valence-corrected chi connectivity index (χ0v) is 12.4. The zero-order chi connectivity index (χ0) is 14.9. The van der Waals surface area contributed by atoms with Crippen molar-refractivity contribution in [3.63, 3.8) is 0 Å². The van der Waals surface area contributed by atoms with E-state index in [1.165, 1.54) is 6.33 Å². The van der Waals surface area contributed by atoms with Gasteiger partial charge in [-0.05, 0) is 19.3 Å². The fourth-order valence-electron chi connectivity index (χ4n) is 2.37. The summed E-state index contributed by atoms with van der Waals surface area (Å²) in [6, 6.07) is 1.99. The Labute approximate surface area is 127 Å². The van der Waals surface area contributed by atoms with Crippen LogP contribution in [0.15, 0.2) is 16.8 Å². The summed E-state index contributed by atoms with van der Waals surface area (Å²) in [7, 11) is 0. The topological polar surface area (TPSA) is 94.0 Å². The van der Waals surface area contributed by atoms with Crippen molar-refractivity contribution >= 4 is 11.6 Å². The highest BCUT2D eigenvalue weighted by Gasteiger charge is 2.29. The highest BCUT2D eigenvalue weighted by atomic mass is 16.4. The third kappa shape index (κ3) is 2.51. The van der Waals surface area contributed by atoms with Crippen LogP contribution >= 0.6 is 0 Å². The maximum Gasteiger partial charge on any atom is 0.254 e. The Kier molecular flexibility index (Phi) is 3.21. The summed E-state index contributed by atoms with van der Waals surface area (Å²) < 4.78 is 7.33. The van der Waals surface area contributed by atoms with Crippen molar-refractivity contribution in [1.29, 1.82) is 0 Å². The minimum Gasteiger partial charge on any atom is -0.423 e. The van der Waals surface area contributed by atoms with Crippen LogP contribution < -0.4 is 5.32 Å². The first-order chi connectivity index (χ1) is 10.8. The molecule has 0 saturated heterocycles. The van der Waals surface area contributed by atoms with Crippen LogP contribution in [0.25, 0.3) is 5.78 Å². The molecule has 0 unspecified atom stereocenters. The van der Waals surface area contributed by atoms with Gasteiger partial charge in [-0.3, -0.25) is 0 Å². The Bertz CT molecular complexity index is 789. The molecule has 1 N–H and O–H groups in total. The summed E-state index contributed by atoms with van der Waals surface area (Å²) in [5.74, 6) is 3.24. The summed E-state index contributed by atoms with van der Waals surface area (Å²) in [5.41, 5.74) is 0.995. The van der Waals surface area contributed by atoms with Crippen molar-refractivity contribution in [1.82, 2.24) is 29.8 Å². The molecule has 1 fully saturated rings. The van der Waals surface area contributed by atoms with Crippen LogP contribution in [0.1, 0.15) is 49.6 Å². The number of hydrogen-bond donors (Lipinski definition) is 1. The van der Waals surface area contributed by atoms with Crippen molar-refractivity contribution in [2.75, 3.05) is 5.32 Å². The van der Waals surface area contributed by atoms with E-state index >= 15 is 0 Å². The molecule has 22 heavy (non-hydrogen) atoms. The minimum atomic E-state index is 0.463. The molecule has 3 heterocycles. The highest BCUT2D eigenvalue weighted by Crippen LogP contribution is 2.39. The van der Waals surface area contributed by atoms with Gasteiger partial charge in [0.15, 0.2) is 0 Å². The summed E-state index contributed by atoms with van der Waals surface area (Å²) in [4.78, 5) is 8.64. The number of aryl methyl sites for hydroxylation is 1. The molecule has 8 heteroatoms. The van der Waals surface area contributed by atoms with Crippen molar-refractivity contribution < 1.29 is 4.42 Å². The van der Waals surface area contributed by atoms with Gasteiger partial charge in [0.2, 0.25) is 11.8 Å². The maximum atomic E-state index is 5.65. The third-order valence-electron chi connectivity index (χ3n) is 3.64. The Balaban J connectivity index is 1.55. The van der Waals surface area contributed by atoms with Crippen LogP contribution in [0.5, 0.6) is 0 Å². The van der Waals surface area contributed by atoms with Gasteiger partial charge >= 0.3 is 0 Å². The van der Waals surface area contributed by atoms with Gasteiger partial charge in [-0.1, -0.05) is 13.3 Å². The lowest BCUT2D eigenvalue weighted by molar-refractivity contribution is 0.456. The normalized spacial score (nSPS) is 14.6. The lowest BCUT2D eigenvalue weighted by atomic mass is 10.2. The van der Waals surface area contributed by atoms with Gasteiger partial charge in [0.05, 0.1) is 6.54 Å². The van der Waals surface area contributed by atoms with E-state index in [9.17, 15) is 0 Å². The second kappa shape index (κ2) is 5.36. The maximum absolute atomic E-state index is 5.65. The molecule has 0 spiro atoms. The summed E-state index contributed by atoms with van der Waals surface area (Å²) in [5, 5.41) is 15.6. The quantitative estimate of drug-likeness (QED) is 0.743. The number of fused-ring (bicyclic) bond motifs is 1. The van der Waals surface area contributed by atoms with Crippen molar-refractivity contribution in [2.24, 2.45) is 0 Å². The first-order valence-corrected chi connectivity index (χ1v) is 7.59. The second-order valence-electron chi connectivity index (χ2n) is 5.52. The fourth-order valence-corrected chi connectivity index (χ4v) is 2.37. The third-order valence-corrected chi connectivity index (χ3v) is 3.64. The molecular formula is C14H17N7O. The van der Waals surface area contributed by atoms with Crippen molar-refractivity contribution in [2.45, 2.75) is 45.1 Å². The van der Waals surface area contributed by atoms with Crippen LogP contribution in [0.3, 0.4) is 0 Å². The number of nitrogens with zero attached hydrogens (tertiary/aromatic N) is 6. The molecule has 0 radical (unpaired) electrons. The van der Waals surface area contributed by atoms with E-state index in [4.69, 9.17) is 4.42 Å². The number of hydrogen-bond acceptors (Lipinski definition) is 7. The first-order valence-electron chi connectivity index (χ1n) is 7.59. The van der Waals surface area contributed by atoms with E-state index in [0.717, 1.165) is 43.1 Å². The van der Waals surface area contributed by atoms with E-state index in [2.05, 4.69) is 37.5 Å². The van der Waals surface area contributed by atoms with E-state index < -0.39 is 0 Å². The van der Waals surface area contributed by atoms with Crippen LogP contribution in [0.4, 0.5) is 5.82 Å². The first kappa shape index (κ1) is 13.2. The molecule has 3 aromatic heterocycles. The predicted molar refractivity (Wildman–Crippen MR) is 78.4 cm³/mol. The molecule has 8 nitrogen and oxygen atoms in total. The zero-order valence-electron chi connectivity index (χ0n) is 12.4. The molecule has 4 rings (SSSR count). The standard InChI is InChI=1S/C14H17N7O/c1-2-3-10-6-11(21-14(18-10)16-8-17-21)15-7-12-19-20-13(22-12)9-4-5-9/h6,8-9,15H,2-5,7H2,1H3.